The first kappa shape index (κ1) is 19.5. The van der Waals surface area contributed by atoms with Crippen molar-refractivity contribution in [1.29, 1.82) is 0 Å². The number of aryl methyl sites for hydroxylation is 1. The lowest BCUT2D eigenvalue weighted by Crippen LogP contribution is -2.37. The topological polar surface area (TPSA) is 49.8 Å². The molecule has 0 radical (unpaired) electrons. The average Bonchev–Trinajstić information content (AvgIpc) is 2.58. The highest BCUT2D eigenvalue weighted by molar-refractivity contribution is 5.65. The fourth-order valence-corrected chi connectivity index (χ4v) is 3.14. The molecule has 0 amide bonds. The van der Waals surface area contributed by atoms with Crippen molar-refractivity contribution in [2.24, 2.45) is 0 Å². The van der Waals surface area contributed by atoms with E-state index in [1.54, 1.807) is 0 Å². The molecule has 1 aliphatic rings. The summed E-state index contributed by atoms with van der Waals surface area (Å²) in [5.74, 6) is -0.245. The largest absolute Gasteiger partial charge is 0.469 e. The second kappa shape index (κ2) is 10.3. The van der Waals surface area contributed by atoms with E-state index in [-0.39, 0.29) is 12.6 Å². The highest BCUT2D eigenvalue weighted by atomic mass is 16.5. The summed E-state index contributed by atoms with van der Waals surface area (Å²) in [5, 5.41) is 9.56. The minimum atomic E-state index is -0.245. The molecule has 0 atom stereocenters. The van der Waals surface area contributed by atoms with Gasteiger partial charge in [-0.2, -0.15) is 0 Å². The number of ether oxygens (including phenoxy) is 1. The number of hydrogen-bond donors (Lipinski definition) is 1. The van der Waals surface area contributed by atoms with E-state index in [4.69, 9.17) is 0 Å². The van der Waals surface area contributed by atoms with Crippen molar-refractivity contribution >= 4 is 11.7 Å². The molecule has 23 heavy (non-hydrogen) atoms. The number of carbonyl (C=O) groups excluding carboxylic acids is 1. The Kier molecular flexibility index (Phi) is 8.70. The summed E-state index contributed by atoms with van der Waals surface area (Å²) in [6.45, 7) is 6.83. The fourth-order valence-electron chi connectivity index (χ4n) is 3.14. The number of nitrogens with zero attached hydrogens (tertiary/aromatic N) is 1. The fraction of sp³-hybridized carbons (Fsp3) is 0.632. The minimum Gasteiger partial charge on any atom is -0.469 e. The third kappa shape index (κ3) is 6.22. The zero-order valence-electron chi connectivity index (χ0n) is 15.0. The quantitative estimate of drug-likeness (QED) is 0.856. The van der Waals surface area contributed by atoms with Gasteiger partial charge >= 0.3 is 5.97 Å². The molecule has 1 aromatic carbocycles. The SMILES string of the molecule is CCN(c1ccc(C)cc1CO)C1CCCCC1.COC(C)=O. The Labute approximate surface area is 140 Å². The molecule has 0 spiro atoms. The molecule has 2 rings (SSSR count). The predicted molar refractivity (Wildman–Crippen MR) is 94.7 cm³/mol. The smallest absolute Gasteiger partial charge is 0.302 e. The lowest BCUT2D eigenvalue weighted by atomic mass is 9.93. The van der Waals surface area contributed by atoms with Crippen LogP contribution in [0.5, 0.6) is 0 Å². The van der Waals surface area contributed by atoms with Crippen LogP contribution in [0.4, 0.5) is 5.69 Å². The number of aliphatic hydroxyl groups is 1. The second-order valence-corrected chi connectivity index (χ2v) is 6.06. The molecule has 0 unspecified atom stereocenters. The third-order valence-corrected chi connectivity index (χ3v) is 4.36. The molecule has 0 bridgehead atoms. The normalized spacial score (nSPS) is 14.7. The van der Waals surface area contributed by atoms with Gasteiger partial charge in [-0.1, -0.05) is 37.0 Å². The molecule has 130 valence electrons. The van der Waals surface area contributed by atoms with Gasteiger partial charge in [-0.15, -0.1) is 0 Å². The van der Waals surface area contributed by atoms with Crippen molar-refractivity contribution in [1.82, 2.24) is 0 Å². The van der Waals surface area contributed by atoms with Crippen LogP contribution >= 0.6 is 0 Å². The lowest BCUT2D eigenvalue weighted by molar-refractivity contribution is -0.137. The first-order valence-corrected chi connectivity index (χ1v) is 8.55. The molecule has 0 heterocycles. The van der Waals surface area contributed by atoms with E-state index in [0.717, 1.165) is 12.1 Å². The summed E-state index contributed by atoms with van der Waals surface area (Å²) in [5.41, 5.74) is 3.53. The maximum Gasteiger partial charge on any atom is 0.302 e. The minimum absolute atomic E-state index is 0.139. The molecule has 0 aromatic heterocycles. The Balaban J connectivity index is 0.000000463. The van der Waals surface area contributed by atoms with Crippen molar-refractivity contribution in [2.45, 2.75) is 65.5 Å². The van der Waals surface area contributed by atoms with Gasteiger partial charge in [0.2, 0.25) is 0 Å². The number of esters is 1. The maximum absolute atomic E-state index is 9.59. The van der Waals surface area contributed by atoms with Gasteiger partial charge in [0.1, 0.15) is 0 Å². The van der Waals surface area contributed by atoms with E-state index in [1.807, 2.05) is 0 Å². The molecule has 1 N–H and O–H groups in total. The molecule has 1 saturated carbocycles. The van der Waals surface area contributed by atoms with Crippen LogP contribution in [0.3, 0.4) is 0 Å². The van der Waals surface area contributed by atoms with Crippen LogP contribution < -0.4 is 4.90 Å². The van der Waals surface area contributed by atoms with Crippen LogP contribution in [0.25, 0.3) is 0 Å². The summed E-state index contributed by atoms with van der Waals surface area (Å²) in [7, 11) is 1.35. The van der Waals surface area contributed by atoms with Crippen molar-refractivity contribution in [2.75, 3.05) is 18.6 Å². The van der Waals surface area contributed by atoms with Gasteiger partial charge in [0.05, 0.1) is 13.7 Å². The Morgan fingerprint density at radius 2 is 1.91 bits per heavy atom. The van der Waals surface area contributed by atoms with E-state index < -0.39 is 0 Å². The zero-order valence-corrected chi connectivity index (χ0v) is 15.0. The van der Waals surface area contributed by atoms with Crippen LogP contribution in [0.1, 0.15) is 57.1 Å². The monoisotopic (exact) mass is 321 g/mol. The Hall–Kier alpha value is -1.55. The summed E-state index contributed by atoms with van der Waals surface area (Å²) >= 11 is 0. The Morgan fingerprint density at radius 1 is 1.30 bits per heavy atom. The number of benzene rings is 1. The summed E-state index contributed by atoms with van der Waals surface area (Å²) in [6, 6.07) is 7.11. The van der Waals surface area contributed by atoms with Gasteiger partial charge in [0.15, 0.2) is 0 Å². The van der Waals surface area contributed by atoms with Crippen LogP contribution in [0.15, 0.2) is 18.2 Å². The maximum atomic E-state index is 9.59. The first-order chi connectivity index (χ1) is 11.0. The standard InChI is InChI=1S/C16H25NO.C3H6O2/c1-3-17(15-7-5-4-6-8-15)16-10-9-13(2)11-14(16)12-18;1-3(4)5-2/h9-11,15,18H,3-8,12H2,1-2H3;1-2H3. The van der Waals surface area contributed by atoms with Gasteiger partial charge in [-0.05, 0) is 32.8 Å². The van der Waals surface area contributed by atoms with Crippen molar-refractivity contribution < 1.29 is 14.6 Å². The van der Waals surface area contributed by atoms with E-state index >= 15 is 0 Å². The first-order valence-electron chi connectivity index (χ1n) is 8.55. The number of rotatable bonds is 4. The van der Waals surface area contributed by atoms with E-state index in [1.165, 1.54) is 57.4 Å². The Bertz CT molecular complexity index is 482. The molecule has 1 aliphatic carbocycles. The van der Waals surface area contributed by atoms with E-state index in [2.05, 4.69) is 41.7 Å². The number of anilines is 1. The number of hydrogen-bond acceptors (Lipinski definition) is 4. The summed E-state index contributed by atoms with van der Waals surface area (Å²) in [4.78, 5) is 12.1. The van der Waals surface area contributed by atoms with Crippen molar-refractivity contribution in [3.05, 3.63) is 29.3 Å². The average molecular weight is 321 g/mol. The number of aliphatic hydroxyl groups excluding tert-OH is 1. The van der Waals surface area contributed by atoms with Crippen LogP contribution in [-0.4, -0.2) is 30.8 Å². The lowest BCUT2D eigenvalue weighted by Gasteiger charge is -2.36. The van der Waals surface area contributed by atoms with Gasteiger partial charge in [0, 0.05) is 30.8 Å². The van der Waals surface area contributed by atoms with Crippen LogP contribution in [0.2, 0.25) is 0 Å². The second-order valence-electron chi connectivity index (χ2n) is 6.06. The highest BCUT2D eigenvalue weighted by Crippen LogP contribution is 2.30. The van der Waals surface area contributed by atoms with Crippen molar-refractivity contribution in [3.8, 4) is 0 Å². The molecular formula is C19H31NO3. The van der Waals surface area contributed by atoms with E-state index in [9.17, 15) is 9.90 Å². The molecule has 4 nitrogen and oxygen atoms in total. The summed E-state index contributed by atoms with van der Waals surface area (Å²) < 4.78 is 4.11. The van der Waals surface area contributed by atoms with Crippen LogP contribution in [-0.2, 0) is 16.1 Å². The van der Waals surface area contributed by atoms with Crippen molar-refractivity contribution in [3.63, 3.8) is 0 Å². The number of methoxy groups -OCH3 is 1. The predicted octanol–water partition coefficient (Wildman–Crippen LogP) is 3.83. The van der Waals surface area contributed by atoms with Gasteiger partial charge < -0.3 is 14.7 Å². The Morgan fingerprint density at radius 3 is 2.39 bits per heavy atom. The molecule has 1 aromatic rings. The molecule has 1 fully saturated rings. The van der Waals surface area contributed by atoms with Gasteiger partial charge in [-0.3, -0.25) is 4.79 Å². The van der Waals surface area contributed by atoms with Gasteiger partial charge in [-0.25, -0.2) is 0 Å². The molecule has 0 saturated heterocycles. The number of carbonyl (C=O) groups is 1. The van der Waals surface area contributed by atoms with E-state index in [0.29, 0.717) is 6.04 Å². The van der Waals surface area contributed by atoms with Crippen LogP contribution in [0, 0.1) is 6.92 Å². The molecule has 4 heteroatoms. The van der Waals surface area contributed by atoms with Gasteiger partial charge in [0.25, 0.3) is 0 Å². The zero-order chi connectivity index (χ0) is 17.2. The molecular weight excluding hydrogens is 290 g/mol. The summed E-state index contributed by atoms with van der Waals surface area (Å²) in [6.07, 6.45) is 6.68. The highest BCUT2D eigenvalue weighted by Gasteiger charge is 2.21. The molecule has 0 aliphatic heterocycles. The third-order valence-electron chi connectivity index (χ3n) is 4.36.